The van der Waals surface area contributed by atoms with E-state index in [-0.39, 0.29) is 0 Å². The number of hydrogen-bond acceptors (Lipinski definition) is 4. The van der Waals surface area contributed by atoms with Crippen LogP contribution in [0.3, 0.4) is 0 Å². The lowest BCUT2D eigenvalue weighted by atomic mass is 9.83. The van der Waals surface area contributed by atoms with Crippen LogP contribution >= 0.6 is 23.2 Å². The van der Waals surface area contributed by atoms with E-state index in [4.69, 9.17) is 28.3 Å². The van der Waals surface area contributed by atoms with Crippen LogP contribution in [0.1, 0.15) is 17.0 Å². The molecule has 0 aliphatic rings. The van der Waals surface area contributed by atoms with Gasteiger partial charge in [0.1, 0.15) is 12.2 Å². The van der Waals surface area contributed by atoms with Gasteiger partial charge < -0.3 is 20.4 Å². The third-order valence-electron chi connectivity index (χ3n) is 3.73. The van der Waals surface area contributed by atoms with Crippen molar-refractivity contribution in [2.75, 3.05) is 6.61 Å². The molecule has 0 fully saturated rings. The molecule has 0 heterocycles. The van der Waals surface area contributed by atoms with Gasteiger partial charge in [-0.15, -0.1) is 0 Å². The van der Waals surface area contributed by atoms with Crippen molar-refractivity contribution < 1.29 is 20.4 Å². The summed E-state index contributed by atoms with van der Waals surface area (Å²) in [5.74, 6) is -0.610. The molecule has 0 aliphatic heterocycles. The van der Waals surface area contributed by atoms with E-state index in [0.717, 1.165) is 0 Å². The minimum absolute atomic E-state index is 0.550. The fourth-order valence-corrected chi connectivity index (χ4v) is 2.71. The molecule has 3 unspecified atom stereocenters. The first-order valence-corrected chi connectivity index (χ1v) is 7.85. The molecule has 0 spiro atoms. The summed E-state index contributed by atoms with van der Waals surface area (Å²) in [5.41, 5.74) is 1.43. The lowest BCUT2D eigenvalue weighted by Gasteiger charge is -2.29. The average Bonchev–Trinajstić information content (AvgIpc) is 2.57. The maximum Gasteiger partial charge on any atom is 0.109 e. The van der Waals surface area contributed by atoms with Crippen LogP contribution in [0.25, 0.3) is 0 Å². The SMILES string of the molecule is OCC(O)C(O)C(O)C(c1ccc(Cl)cc1)c1ccc(Cl)cc1. The van der Waals surface area contributed by atoms with E-state index in [1.54, 1.807) is 48.5 Å². The third kappa shape index (κ3) is 4.44. The Morgan fingerprint density at radius 3 is 1.43 bits per heavy atom. The summed E-state index contributed by atoms with van der Waals surface area (Å²) < 4.78 is 0. The zero-order valence-corrected chi connectivity index (χ0v) is 13.7. The molecule has 0 radical (unpaired) electrons. The minimum Gasteiger partial charge on any atom is -0.394 e. The highest BCUT2D eigenvalue weighted by atomic mass is 35.5. The second-order valence-corrected chi connectivity index (χ2v) is 6.18. The molecule has 2 rings (SSSR count). The molecule has 2 aromatic carbocycles. The smallest absolute Gasteiger partial charge is 0.109 e. The highest BCUT2D eigenvalue weighted by Gasteiger charge is 2.33. The molecule has 2 aromatic rings. The van der Waals surface area contributed by atoms with E-state index in [1.807, 2.05) is 0 Å². The monoisotopic (exact) mass is 356 g/mol. The van der Waals surface area contributed by atoms with Crippen molar-refractivity contribution in [3.05, 3.63) is 69.7 Å². The Morgan fingerprint density at radius 1 is 0.696 bits per heavy atom. The Morgan fingerprint density at radius 2 is 1.09 bits per heavy atom. The van der Waals surface area contributed by atoms with E-state index in [1.165, 1.54) is 0 Å². The second-order valence-electron chi connectivity index (χ2n) is 5.31. The Balaban J connectivity index is 2.42. The molecule has 0 amide bonds. The molecule has 3 atom stereocenters. The third-order valence-corrected chi connectivity index (χ3v) is 4.23. The first kappa shape index (κ1) is 18.2. The van der Waals surface area contributed by atoms with Gasteiger partial charge in [0.25, 0.3) is 0 Å². The second kappa shape index (κ2) is 8.11. The quantitative estimate of drug-likeness (QED) is 0.639. The number of aliphatic hydroxyl groups excluding tert-OH is 4. The van der Waals surface area contributed by atoms with Gasteiger partial charge in [-0.1, -0.05) is 47.5 Å². The Hall–Kier alpha value is -1.14. The van der Waals surface area contributed by atoms with E-state index in [2.05, 4.69) is 0 Å². The van der Waals surface area contributed by atoms with Crippen molar-refractivity contribution in [2.45, 2.75) is 24.2 Å². The summed E-state index contributed by atoms with van der Waals surface area (Å²) in [4.78, 5) is 0. The van der Waals surface area contributed by atoms with Gasteiger partial charge >= 0.3 is 0 Å². The number of hydrogen-bond donors (Lipinski definition) is 4. The van der Waals surface area contributed by atoms with Gasteiger partial charge in [0.15, 0.2) is 0 Å². The molecule has 0 bridgehead atoms. The van der Waals surface area contributed by atoms with Crippen LogP contribution in [0.5, 0.6) is 0 Å². The van der Waals surface area contributed by atoms with Crippen LogP contribution in [0.15, 0.2) is 48.5 Å². The molecule has 124 valence electrons. The summed E-state index contributed by atoms with van der Waals surface area (Å²) in [7, 11) is 0. The van der Waals surface area contributed by atoms with Crippen LogP contribution < -0.4 is 0 Å². The number of aliphatic hydroxyl groups is 4. The summed E-state index contributed by atoms with van der Waals surface area (Å²) in [6, 6.07) is 13.7. The summed E-state index contributed by atoms with van der Waals surface area (Å²) in [6.45, 7) is -0.647. The molecule has 4 N–H and O–H groups in total. The molecule has 0 saturated heterocycles. The van der Waals surface area contributed by atoms with Crippen LogP contribution in [0, 0.1) is 0 Å². The van der Waals surface area contributed by atoms with Crippen molar-refractivity contribution in [1.29, 1.82) is 0 Å². The van der Waals surface area contributed by atoms with Gasteiger partial charge in [-0.2, -0.15) is 0 Å². The van der Waals surface area contributed by atoms with Gasteiger partial charge in [0.2, 0.25) is 0 Å². The fraction of sp³-hybridized carbons (Fsp3) is 0.294. The van der Waals surface area contributed by atoms with Crippen molar-refractivity contribution >= 4 is 23.2 Å². The molecule has 0 aromatic heterocycles. The molecule has 6 heteroatoms. The van der Waals surface area contributed by atoms with Crippen LogP contribution in [0.4, 0.5) is 0 Å². The molecule has 0 saturated carbocycles. The van der Waals surface area contributed by atoms with Crippen LogP contribution in [-0.4, -0.2) is 45.3 Å². The summed E-state index contributed by atoms with van der Waals surface area (Å²) in [6.07, 6.45) is -4.26. The van der Waals surface area contributed by atoms with Gasteiger partial charge in [0, 0.05) is 16.0 Å². The van der Waals surface area contributed by atoms with Crippen molar-refractivity contribution in [3.8, 4) is 0 Å². The van der Waals surface area contributed by atoms with Gasteiger partial charge in [-0.05, 0) is 35.4 Å². The molecule has 4 nitrogen and oxygen atoms in total. The zero-order chi connectivity index (χ0) is 17.0. The lowest BCUT2D eigenvalue weighted by molar-refractivity contribution is -0.0806. The predicted octanol–water partition coefficient (Wildman–Crippen LogP) is 2.20. The minimum atomic E-state index is -1.50. The predicted molar refractivity (Wildman–Crippen MR) is 89.9 cm³/mol. The zero-order valence-electron chi connectivity index (χ0n) is 12.2. The molecular formula is C17H18Cl2O4. The Bertz CT molecular complexity index is 570. The number of rotatable bonds is 6. The van der Waals surface area contributed by atoms with Crippen LogP contribution in [0.2, 0.25) is 10.0 Å². The van der Waals surface area contributed by atoms with Crippen LogP contribution in [-0.2, 0) is 0 Å². The number of benzene rings is 2. The Kier molecular flexibility index (Phi) is 6.41. The first-order chi connectivity index (χ1) is 10.9. The van der Waals surface area contributed by atoms with Gasteiger partial charge in [0.05, 0.1) is 12.7 Å². The highest BCUT2D eigenvalue weighted by molar-refractivity contribution is 6.30. The average molecular weight is 357 g/mol. The van der Waals surface area contributed by atoms with Gasteiger partial charge in [-0.25, -0.2) is 0 Å². The standard InChI is InChI=1S/C17H18Cl2O4/c18-12-5-1-10(2-6-12)15(11-3-7-13(19)8-4-11)17(23)16(22)14(21)9-20/h1-8,14-17,20-23H,9H2. The van der Waals surface area contributed by atoms with Crippen molar-refractivity contribution in [2.24, 2.45) is 0 Å². The van der Waals surface area contributed by atoms with Gasteiger partial charge in [-0.3, -0.25) is 0 Å². The fourth-order valence-electron chi connectivity index (χ4n) is 2.46. The lowest BCUT2D eigenvalue weighted by Crippen LogP contribution is -2.43. The highest BCUT2D eigenvalue weighted by Crippen LogP contribution is 2.32. The molecule has 23 heavy (non-hydrogen) atoms. The van der Waals surface area contributed by atoms with E-state index >= 15 is 0 Å². The maximum atomic E-state index is 10.5. The normalized spacial score (nSPS) is 15.4. The largest absolute Gasteiger partial charge is 0.394 e. The molecule has 0 aliphatic carbocycles. The van der Waals surface area contributed by atoms with E-state index in [0.29, 0.717) is 21.2 Å². The Labute approximate surface area is 144 Å². The van der Waals surface area contributed by atoms with E-state index < -0.39 is 30.8 Å². The first-order valence-electron chi connectivity index (χ1n) is 7.10. The summed E-state index contributed by atoms with van der Waals surface area (Å²) in [5, 5.41) is 40.3. The van der Waals surface area contributed by atoms with Crippen molar-refractivity contribution in [3.63, 3.8) is 0 Å². The van der Waals surface area contributed by atoms with Crippen molar-refractivity contribution in [1.82, 2.24) is 0 Å². The maximum absolute atomic E-state index is 10.5. The topological polar surface area (TPSA) is 80.9 Å². The summed E-state index contributed by atoms with van der Waals surface area (Å²) >= 11 is 11.8. The molecular weight excluding hydrogens is 339 g/mol. The number of halogens is 2. The van der Waals surface area contributed by atoms with E-state index in [9.17, 15) is 15.3 Å².